The molecule has 0 saturated heterocycles. The Kier molecular flexibility index (Phi) is 6.34. The third-order valence-electron chi connectivity index (χ3n) is 2.99. The minimum absolute atomic E-state index is 0.130. The highest BCUT2D eigenvalue weighted by Gasteiger charge is 2.33. The summed E-state index contributed by atoms with van der Waals surface area (Å²) in [6.45, 7) is 1.75. The predicted octanol–water partition coefficient (Wildman–Crippen LogP) is 2.18. The second-order valence-electron chi connectivity index (χ2n) is 4.30. The van der Waals surface area contributed by atoms with E-state index in [-0.39, 0.29) is 13.0 Å². The van der Waals surface area contributed by atoms with Gasteiger partial charge in [0.05, 0.1) is 26.2 Å². The number of nitrogens with zero attached hydrogens (tertiary/aromatic N) is 1. The number of carbonyl (C=O) groups is 2. The van der Waals surface area contributed by atoms with Crippen LogP contribution in [0.15, 0.2) is 24.3 Å². The monoisotopic (exact) mass is 293 g/mol. The number of rotatable bonds is 6. The SMILES string of the molecule is CCOC(=O)C(C#N)C(CC(=O)OC)c1ccc(F)cc1. The van der Waals surface area contributed by atoms with Gasteiger partial charge in [-0.1, -0.05) is 12.1 Å². The molecular weight excluding hydrogens is 277 g/mol. The minimum atomic E-state index is -1.16. The summed E-state index contributed by atoms with van der Waals surface area (Å²) in [5, 5.41) is 9.22. The van der Waals surface area contributed by atoms with Gasteiger partial charge in [0.2, 0.25) is 0 Å². The van der Waals surface area contributed by atoms with Crippen molar-refractivity contribution in [2.75, 3.05) is 13.7 Å². The first-order chi connectivity index (χ1) is 10.0. The maximum absolute atomic E-state index is 13.0. The van der Waals surface area contributed by atoms with Gasteiger partial charge in [-0.05, 0) is 24.6 Å². The molecule has 0 N–H and O–H groups in total. The van der Waals surface area contributed by atoms with Crippen LogP contribution in [0.4, 0.5) is 4.39 Å². The number of ether oxygens (including phenoxy) is 2. The lowest BCUT2D eigenvalue weighted by atomic mass is 9.84. The lowest BCUT2D eigenvalue weighted by molar-refractivity contribution is -0.147. The van der Waals surface area contributed by atoms with Crippen molar-refractivity contribution >= 4 is 11.9 Å². The Morgan fingerprint density at radius 1 is 1.33 bits per heavy atom. The zero-order chi connectivity index (χ0) is 15.8. The summed E-state index contributed by atoms with van der Waals surface area (Å²) in [7, 11) is 1.22. The first kappa shape index (κ1) is 16.6. The summed E-state index contributed by atoms with van der Waals surface area (Å²) in [6, 6.07) is 7.14. The Bertz CT molecular complexity index is 536. The quantitative estimate of drug-likeness (QED) is 0.751. The largest absolute Gasteiger partial charge is 0.469 e. The van der Waals surface area contributed by atoms with Crippen LogP contribution in [0.25, 0.3) is 0 Å². The molecule has 0 aliphatic carbocycles. The second-order valence-corrected chi connectivity index (χ2v) is 4.30. The van der Waals surface area contributed by atoms with Crippen molar-refractivity contribution in [2.24, 2.45) is 5.92 Å². The zero-order valence-electron chi connectivity index (χ0n) is 11.8. The van der Waals surface area contributed by atoms with Gasteiger partial charge in [-0.25, -0.2) is 4.39 Å². The molecule has 0 aliphatic heterocycles. The topological polar surface area (TPSA) is 76.4 Å². The fourth-order valence-electron chi connectivity index (χ4n) is 1.94. The summed E-state index contributed by atoms with van der Waals surface area (Å²) in [4.78, 5) is 23.4. The summed E-state index contributed by atoms with van der Waals surface area (Å²) in [5.41, 5.74) is 0.501. The molecule has 0 aliphatic rings. The average Bonchev–Trinajstić information content (AvgIpc) is 2.48. The van der Waals surface area contributed by atoms with E-state index in [2.05, 4.69) is 4.74 Å². The fraction of sp³-hybridized carbons (Fsp3) is 0.400. The molecule has 112 valence electrons. The van der Waals surface area contributed by atoms with E-state index in [9.17, 15) is 19.2 Å². The van der Waals surface area contributed by atoms with E-state index in [0.717, 1.165) is 0 Å². The van der Waals surface area contributed by atoms with Crippen LogP contribution in [0.3, 0.4) is 0 Å². The third kappa shape index (κ3) is 4.56. The number of hydrogen-bond donors (Lipinski definition) is 0. The average molecular weight is 293 g/mol. The maximum atomic E-state index is 13.0. The first-order valence-electron chi connectivity index (χ1n) is 6.42. The highest BCUT2D eigenvalue weighted by Crippen LogP contribution is 2.29. The highest BCUT2D eigenvalue weighted by molar-refractivity contribution is 5.79. The maximum Gasteiger partial charge on any atom is 0.323 e. The second kappa shape index (κ2) is 8.00. The lowest BCUT2D eigenvalue weighted by Crippen LogP contribution is -2.25. The molecule has 1 aromatic carbocycles. The van der Waals surface area contributed by atoms with Gasteiger partial charge in [0.1, 0.15) is 5.82 Å². The number of esters is 2. The molecule has 0 fully saturated rings. The van der Waals surface area contributed by atoms with E-state index in [0.29, 0.717) is 5.56 Å². The predicted molar refractivity (Wildman–Crippen MR) is 71.5 cm³/mol. The van der Waals surface area contributed by atoms with Gasteiger partial charge < -0.3 is 9.47 Å². The van der Waals surface area contributed by atoms with Crippen LogP contribution >= 0.6 is 0 Å². The van der Waals surface area contributed by atoms with Crippen molar-refractivity contribution in [3.63, 3.8) is 0 Å². The molecule has 0 spiro atoms. The molecular formula is C15H16FNO4. The molecule has 6 heteroatoms. The summed E-state index contributed by atoms with van der Waals surface area (Å²) < 4.78 is 22.4. The van der Waals surface area contributed by atoms with Gasteiger partial charge in [-0.15, -0.1) is 0 Å². The Hall–Kier alpha value is -2.42. The number of hydrogen-bond acceptors (Lipinski definition) is 5. The molecule has 2 unspecified atom stereocenters. The van der Waals surface area contributed by atoms with Crippen molar-refractivity contribution in [3.05, 3.63) is 35.6 Å². The van der Waals surface area contributed by atoms with E-state index in [1.165, 1.54) is 31.4 Å². The normalized spacial score (nSPS) is 12.9. The van der Waals surface area contributed by atoms with E-state index in [1.807, 2.05) is 6.07 Å². The molecule has 2 atom stereocenters. The molecule has 0 aromatic heterocycles. The summed E-state index contributed by atoms with van der Waals surface area (Å²) >= 11 is 0. The van der Waals surface area contributed by atoms with Crippen LogP contribution in [0.2, 0.25) is 0 Å². The van der Waals surface area contributed by atoms with Gasteiger partial charge in [0.15, 0.2) is 5.92 Å². The molecule has 1 aromatic rings. The van der Waals surface area contributed by atoms with Gasteiger partial charge in [-0.2, -0.15) is 5.26 Å². The number of carbonyl (C=O) groups excluding carboxylic acids is 2. The molecule has 0 heterocycles. The van der Waals surface area contributed by atoms with Gasteiger partial charge in [0, 0.05) is 5.92 Å². The lowest BCUT2D eigenvalue weighted by Gasteiger charge is -2.20. The number of nitriles is 1. The van der Waals surface area contributed by atoms with E-state index in [1.54, 1.807) is 6.92 Å². The molecule has 0 bridgehead atoms. The van der Waals surface area contributed by atoms with Crippen molar-refractivity contribution in [1.29, 1.82) is 5.26 Å². The highest BCUT2D eigenvalue weighted by atomic mass is 19.1. The summed E-state index contributed by atoms with van der Waals surface area (Å²) in [6.07, 6.45) is -0.167. The Morgan fingerprint density at radius 3 is 2.43 bits per heavy atom. The summed E-state index contributed by atoms with van der Waals surface area (Å²) in [5.74, 6) is -3.62. The van der Waals surface area contributed by atoms with Crippen LogP contribution in [0, 0.1) is 23.1 Å². The van der Waals surface area contributed by atoms with Crippen molar-refractivity contribution in [2.45, 2.75) is 19.3 Å². The molecule has 0 amide bonds. The number of halogens is 1. The van der Waals surface area contributed by atoms with Gasteiger partial charge >= 0.3 is 11.9 Å². The fourth-order valence-corrected chi connectivity index (χ4v) is 1.94. The number of methoxy groups -OCH3 is 1. The third-order valence-corrected chi connectivity index (χ3v) is 2.99. The van der Waals surface area contributed by atoms with Crippen LogP contribution < -0.4 is 0 Å². The van der Waals surface area contributed by atoms with E-state index in [4.69, 9.17) is 4.74 Å². The van der Waals surface area contributed by atoms with Gasteiger partial charge in [0.25, 0.3) is 0 Å². The molecule has 5 nitrogen and oxygen atoms in total. The van der Waals surface area contributed by atoms with Crippen LogP contribution in [0.1, 0.15) is 24.8 Å². The van der Waals surface area contributed by atoms with Crippen LogP contribution in [0.5, 0.6) is 0 Å². The van der Waals surface area contributed by atoms with E-state index >= 15 is 0 Å². The smallest absolute Gasteiger partial charge is 0.323 e. The number of benzene rings is 1. The van der Waals surface area contributed by atoms with Crippen molar-refractivity contribution in [1.82, 2.24) is 0 Å². The molecule has 1 rings (SSSR count). The minimum Gasteiger partial charge on any atom is -0.469 e. The standard InChI is InChI=1S/C15H16FNO4/c1-3-21-15(19)13(9-17)12(8-14(18)20-2)10-4-6-11(16)7-5-10/h4-7,12-13H,3,8H2,1-2H3. The Morgan fingerprint density at radius 2 is 1.95 bits per heavy atom. The van der Waals surface area contributed by atoms with Crippen LogP contribution in [-0.4, -0.2) is 25.7 Å². The van der Waals surface area contributed by atoms with Crippen molar-refractivity contribution < 1.29 is 23.5 Å². The van der Waals surface area contributed by atoms with Crippen molar-refractivity contribution in [3.8, 4) is 6.07 Å². The Labute approximate surface area is 122 Å². The zero-order valence-corrected chi connectivity index (χ0v) is 11.8. The van der Waals surface area contributed by atoms with E-state index < -0.39 is 29.6 Å². The molecule has 0 radical (unpaired) electrons. The molecule has 21 heavy (non-hydrogen) atoms. The van der Waals surface area contributed by atoms with Crippen LogP contribution in [-0.2, 0) is 19.1 Å². The first-order valence-corrected chi connectivity index (χ1v) is 6.42. The molecule has 0 saturated carbocycles. The van der Waals surface area contributed by atoms with Gasteiger partial charge in [-0.3, -0.25) is 9.59 Å². The Balaban J connectivity index is 3.11.